The Labute approximate surface area is 198 Å². The van der Waals surface area contributed by atoms with Gasteiger partial charge in [-0.3, -0.25) is 9.59 Å². The van der Waals surface area contributed by atoms with Crippen LogP contribution in [-0.4, -0.2) is 41.8 Å². The van der Waals surface area contributed by atoms with Crippen LogP contribution in [0.25, 0.3) is 11.1 Å². The van der Waals surface area contributed by atoms with Crippen LogP contribution in [-0.2, 0) is 14.3 Å². The van der Waals surface area contributed by atoms with Crippen molar-refractivity contribution in [2.45, 2.75) is 50.0 Å². The lowest BCUT2D eigenvalue weighted by atomic mass is 9.76. The fraction of sp³-hybridized carbons (Fsp3) is 0.444. The standard InChI is InChI=1S/C27H30N2O5/c30-24(31)14-18(17-10-11-17)15-28-25(32)27(12-5-13-27)29-26(33)34-16-23-21-8-3-1-6-19(21)20-7-2-4-9-22(20)23/h1-4,6-9,17-18,23H,5,10-16H2,(H,28,32)(H,29,33)(H,30,31). The summed E-state index contributed by atoms with van der Waals surface area (Å²) < 4.78 is 5.64. The van der Waals surface area contributed by atoms with Gasteiger partial charge in [0.15, 0.2) is 0 Å². The van der Waals surface area contributed by atoms with Gasteiger partial charge in [0.1, 0.15) is 12.1 Å². The Hall–Kier alpha value is -3.35. The molecule has 7 heteroatoms. The van der Waals surface area contributed by atoms with Gasteiger partial charge in [-0.05, 0) is 66.2 Å². The Morgan fingerprint density at radius 2 is 1.62 bits per heavy atom. The summed E-state index contributed by atoms with van der Waals surface area (Å²) in [5.41, 5.74) is 3.62. The van der Waals surface area contributed by atoms with Gasteiger partial charge in [-0.2, -0.15) is 0 Å². The highest BCUT2D eigenvalue weighted by atomic mass is 16.5. The highest BCUT2D eigenvalue weighted by molar-refractivity contribution is 5.91. The number of rotatable bonds is 9. The summed E-state index contributed by atoms with van der Waals surface area (Å²) in [5.74, 6) is -0.832. The highest BCUT2D eigenvalue weighted by Crippen LogP contribution is 2.44. The molecule has 3 aliphatic rings. The molecular formula is C27H30N2O5. The number of alkyl carbamates (subject to hydrolysis) is 1. The van der Waals surface area contributed by atoms with Crippen LogP contribution in [0.3, 0.4) is 0 Å². The van der Waals surface area contributed by atoms with Gasteiger partial charge in [0, 0.05) is 12.5 Å². The molecule has 178 valence electrons. The summed E-state index contributed by atoms with van der Waals surface area (Å²) in [6.07, 6.45) is 3.43. The maximum atomic E-state index is 13.0. The second-order valence-corrected chi connectivity index (χ2v) is 9.79. The molecule has 7 nitrogen and oxygen atoms in total. The second kappa shape index (κ2) is 9.12. The molecule has 2 aromatic carbocycles. The molecule has 1 unspecified atom stereocenters. The van der Waals surface area contributed by atoms with Crippen LogP contribution in [0.4, 0.5) is 4.79 Å². The molecule has 2 aromatic rings. The van der Waals surface area contributed by atoms with Crippen LogP contribution in [0.5, 0.6) is 0 Å². The Morgan fingerprint density at radius 3 is 2.15 bits per heavy atom. The maximum Gasteiger partial charge on any atom is 0.408 e. The van der Waals surface area contributed by atoms with E-state index in [0.29, 0.717) is 25.3 Å². The Balaban J connectivity index is 1.19. The molecule has 0 spiro atoms. The molecule has 5 rings (SSSR count). The molecule has 3 aliphatic carbocycles. The van der Waals surface area contributed by atoms with Crippen LogP contribution < -0.4 is 10.6 Å². The number of hydrogen-bond donors (Lipinski definition) is 3. The molecule has 2 saturated carbocycles. The number of hydrogen-bond acceptors (Lipinski definition) is 4. The molecule has 3 N–H and O–H groups in total. The lowest BCUT2D eigenvalue weighted by Gasteiger charge is -2.40. The first-order valence-corrected chi connectivity index (χ1v) is 12.1. The average Bonchev–Trinajstić information content (AvgIpc) is 3.60. The van der Waals surface area contributed by atoms with E-state index >= 15 is 0 Å². The number of benzene rings is 2. The molecule has 1 atom stereocenters. The van der Waals surface area contributed by atoms with E-state index in [1.807, 2.05) is 24.3 Å². The first-order chi connectivity index (χ1) is 16.5. The number of aliphatic carboxylic acids is 1. The van der Waals surface area contributed by atoms with Crippen molar-refractivity contribution in [2.24, 2.45) is 11.8 Å². The molecule has 2 amide bonds. The van der Waals surface area contributed by atoms with Crippen molar-refractivity contribution >= 4 is 18.0 Å². The van der Waals surface area contributed by atoms with Crippen molar-refractivity contribution in [3.63, 3.8) is 0 Å². The van der Waals surface area contributed by atoms with Crippen molar-refractivity contribution in [2.75, 3.05) is 13.2 Å². The fourth-order valence-electron chi connectivity index (χ4n) is 5.36. The Kier molecular flexibility index (Phi) is 6.02. The first-order valence-electron chi connectivity index (χ1n) is 12.1. The van der Waals surface area contributed by atoms with Crippen LogP contribution in [0.15, 0.2) is 48.5 Å². The highest BCUT2D eigenvalue weighted by Gasteiger charge is 2.46. The van der Waals surface area contributed by atoms with E-state index in [2.05, 4.69) is 34.9 Å². The van der Waals surface area contributed by atoms with Crippen LogP contribution in [0, 0.1) is 11.8 Å². The monoisotopic (exact) mass is 462 g/mol. The van der Waals surface area contributed by atoms with Crippen molar-refractivity contribution in [3.8, 4) is 11.1 Å². The minimum absolute atomic E-state index is 0.0420. The number of amides is 2. The van der Waals surface area contributed by atoms with Crippen LogP contribution in [0.2, 0.25) is 0 Å². The third-order valence-electron chi connectivity index (χ3n) is 7.58. The minimum atomic E-state index is -0.972. The van der Waals surface area contributed by atoms with Gasteiger partial charge in [0.05, 0.1) is 6.42 Å². The van der Waals surface area contributed by atoms with Crippen molar-refractivity contribution < 1.29 is 24.2 Å². The summed E-state index contributed by atoms with van der Waals surface area (Å²) in [5, 5.41) is 14.9. The van der Waals surface area contributed by atoms with E-state index in [0.717, 1.165) is 41.5 Å². The SMILES string of the molecule is O=C(O)CC(CNC(=O)C1(NC(=O)OCC2c3ccccc3-c3ccccc32)CCC1)C1CC1. The predicted molar refractivity (Wildman–Crippen MR) is 126 cm³/mol. The van der Waals surface area contributed by atoms with Crippen LogP contribution >= 0.6 is 0 Å². The minimum Gasteiger partial charge on any atom is -0.481 e. The number of carbonyl (C=O) groups is 3. The topological polar surface area (TPSA) is 105 Å². The van der Waals surface area contributed by atoms with Gasteiger partial charge in [0.25, 0.3) is 0 Å². The number of fused-ring (bicyclic) bond motifs is 3. The molecule has 2 fully saturated rings. The van der Waals surface area contributed by atoms with Gasteiger partial charge in [-0.25, -0.2) is 4.79 Å². The lowest BCUT2D eigenvalue weighted by Crippen LogP contribution is -2.63. The lowest BCUT2D eigenvalue weighted by molar-refractivity contribution is -0.139. The zero-order valence-corrected chi connectivity index (χ0v) is 19.1. The second-order valence-electron chi connectivity index (χ2n) is 9.79. The molecular weight excluding hydrogens is 432 g/mol. The third-order valence-corrected chi connectivity index (χ3v) is 7.58. The predicted octanol–water partition coefficient (Wildman–Crippen LogP) is 4.06. The molecule has 0 saturated heterocycles. The molecule has 0 heterocycles. The van der Waals surface area contributed by atoms with Gasteiger partial charge in [-0.15, -0.1) is 0 Å². The van der Waals surface area contributed by atoms with Gasteiger partial charge in [-0.1, -0.05) is 48.5 Å². The molecule has 0 aromatic heterocycles. The molecule has 0 aliphatic heterocycles. The number of nitrogens with one attached hydrogen (secondary N) is 2. The number of carbonyl (C=O) groups excluding carboxylic acids is 2. The average molecular weight is 463 g/mol. The van der Waals surface area contributed by atoms with Gasteiger partial charge in [0.2, 0.25) is 5.91 Å². The molecule has 0 radical (unpaired) electrons. The van der Waals surface area contributed by atoms with E-state index < -0.39 is 17.6 Å². The molecule has 0 bridgehead atoms. The van der Waals surface area contributed by atoms with E-state index in [1.54, 1.807) is 0 Å². The van der Waals surface area contributed by atoms with Crippen LogP contribution in [0.1, 0.15) is 55.6 Å². The van der Waals surface area contributed by atoms with E-state index in [4.69, 9.17) is 9.84 Å². The summed E-state index contributed by atoms with van der Waals surface area (Å²) in [4.78, 5) is 36.9. The van der Waals surface area contributed by atoms with Crippen molar-refractivity contribution in [1.29, 1.82) is 0 Å². The zero-order valence-electron chi connectivity index (χ0n) is 19.1. The van der Waals surface area contributed by atoms with E-state index in [1.165, 1.54) is 0 Å². The largest absolute Gasteiger partial charge is 0.481 e. The summed E-state index contributed by atoms with van der Waals surface area (Å²) in [6, 6.07) is 16.3. The quantitative estimate of drug-likeness (QED) is 0.521. The summed E-state index contributed by atoms with van der Waals surface area (Å²) >= 11 is 0. The Morgan fingerprint density at radius 1 is 1.00 bits per heavy atom. The number of carboxylic acids is 1. The number of carboxylic acid groups (broad SMARTS) is 1. The van der Waals surface area contributed by atoms with Crippen molar-refractivity contribution in [3.05, 3.63) is 59.7 Å². The van der Waals surface area contributed by atoms with Gasteiger partial charge >= 0.3 is 12.1 Å². The maximum absolute atomic E-state index is 13.0. The van der Waals surface area contributed by atoms with Gasteiger partial charge < -0.3 is 20.5 Å². The summed E-state index contributed by atoms with van der Waals surface area (Å²) in [7, 11) is 0. The Bertz CT molecular complexity index is 1060. The normalized spacial score (nSPS) is 18.7. The number of ether oxygens (including phenoxy) is 1. The smallest absolute Gasteiger partial charge is 0.408 e. The van der Waals surface area contributed by atoms with Crippen molar-refractivity contribution in [1.82, 2.24) is 10.6 Å². The third kappa shape index (κ3) is 4.39. The summed E-state index contributed by atoms with van der Waals surface area (Å²) in [6.45, 7) is 0.518. The molecule has 34 heavy (non-hydrogen) atoms. The van der Waals surface area contributed by atoms with E-state index in [9.17, 15) is 14.4 Å². The van der Waals surface area contributed by atoms with E-state index in [-0.39, 0.29) is 30.8 Å². The zero-order chi connectivity index (χ0) is 23.7. The fourth-order valence-corrected chi connectivity index (χ4v) is 5.36. The first kappa shape index (κ1) is 22.4.